The van der Waals surface area contributed by atoms with Crippen LogP contribution in [-0.4, -0.2) is 21.7 Å². The van der Waals surface area contributed by atoms with Gasteiger partial charge in [-0.3, -0.25) is 14.6 Å². The van der Waals surface area contributed by atoms with Crippen molar-refractivity contribution in [3.05, 3.63) is 89.0 Å². The Hall–Kier alpha value is -3.55. The average Bonchev–Trinajstić information content (AvgIpc) is 3.28. The summed E-state index contributed by atoms with van der Waals surface area (Å²) in [5.74, 6) is -0.305. The SMILES string of the molecule is O=C(CCC(=O)c1ccc(Cl)cc1)Nc1ccc(Nc2nc(-c3ccncc3)cs2)cc1. The summed E-state index contributed by atoms with van der Waals surface area (Å²) >= 11 is 7.34. The van der Waals surface area contributed by atoms with Crippen LogP contribution in [0.25, 0.3) is 11.3 Å². The number of halogens is 1. The summed E-state index contributed by atoms with van der Waals surface area (Å²) in [6.07, 6.45) is 3.72. The molecule has 6 nitrogen and oxygen atoms in total. The van der Waals surface area contributed by atoms with E-state index in [9.17, 15) is 9.59 Å². The zero-order valence-corrected chi connectivity index (χ0v) is 18.5. The molecule has 0 saturated heterocycles. The topological polar surface area (TPSA) is 84.0 Å². The van der Waals surface area contributed by atoms with E-state index in [0.29, 0.717) is 16.3 Å². The Morgan fingerprint density at radius 2 is 1.56 bits per heavy atom. The molecule has 2 N–H and O–H groups in total. The highest BCUT2D eigenvalue weighted by atomic mass is 35.5. The molecular formula is C24H19ClN4O2S. The number of anilines is 3. The summed E-state index contributed by atoms with van der Waals surface area (Å²) < 4.78 is 0. The van der Waals surface area contributed by atoms with E-state index in [0.717, 1.165) is 22.1 Å². The summed E-state index contributed by atoms with van der Waals surface area (Å²) in [5, 5.41) is 9.40. The van der Waals surface area contributed by atoms with Gasteiger partial charge in [-0.1, -0.05) is 11.6 Å². The number of pyridine rings is 1. The molecule has 0 fully saturated rings. The van der Waals surface area contributed by atoms with Crippen LogP contribution in [0.3, 0.4) is 0 Å². The quantitative estimate of drug-likeness (QED) is 0.304. The van der Waals surface area contributed by atoms with E-state index in [-0.39, 0.29) is 24.5 Å². The molecule has 160 valence electrons. The zero-order chi connectivity index (χ0) is 22.3. The minimum atomic E-state index is -0.213. The normalized spacial score (nSPS) is 10.5. The molecule has 2 heterocycles. The first kappa shape index (κ1) is 21.7. The van der Waals surface area contributed by atoms with Gasteiger partial charge in [0.05, 0.1) is 5.69 Å². The van der Waals surface area contributed by atoms with E-state index in [4.69, 9.17) is 11.6 Å². The Labute approximate surface area is 194 Å². The molecule has 0 bridgehead atoms. The molecule has 0 atom stereocenters. The van der Waals surface area contributed by atoms with Crippen LogP contribution in [-0.2, 0) is 4.79 Å². The molecular weight excluding hydrogens is 444 g/mol. The third kappa shape index (κ3) is 5.78. The minimum absolute atomic E-state index is 0.0917. The second kappa shape index (κ2) is 10.2. The summed E-state index contributed by atoms with van der Waals surface area (Å²) in [7, 11) is 0. The van der Waals surface area contributed by atoms with Crippen LogP contribution in [0.4, 0.5) is 16.5 Å². The monoisotopic (exact) mass is 462 g/mol. The van der Waals surface area contributed by atoms with Crippen molar-refractivity contribution >= 4 is 51.1 Å². The highest BCUT2D eigenvalue weighted by molar-refractivity contribution is 7.14. The molecule has 0 saturated carbocycles. The maximum Gasteiger partial charge on any atom is 0.224 e. The van der Waals surface area contributed by atoms with E-state index in [1.54, 1.807) is 48.8 Å². The van der Waals surface area contributed by atoms with Crippen molar-refractivity contribution in [2.24, 2.45) is 0 Å². The number of ketones is 1. The van der Waals surface area contributed by atoms with Gasteiger partial charge in [-0.05, 0) is 60.7 Å². The number of hydrogen-bond acceptors (Lipinski definition) is 6. The number of amides is 1. The highest BCUT2D eigenvalue weighted by Crippen LogP contribution is 2.27. The fourth-order valence-electron chi connectivity index (χ4n) is 2.98. The van der Waals surface area contributed by atoms with Gasteiger partial charge in [0.25, 0.3) is 0 Å². The van der Waals surface area contributed by atoms with Gasteiger partial charge in [0.2, 0.25) is 5.91 Å². The van der Waals surface area contributed by atoms with Crippen LogP contribution >= 0.6 is 22.9 Å². The minimum Gasteiger partial charge on any atom is -0.332 e. The standard InChI is InChI=1S/C24H19ClN4O2S/c25-18-3-1-17(2-4-18)22(30)9-10-23(31)27-19-5-7-20(8-6-19)28-24-29-21(15-32-24)16-11-13-26-14-12-16/h1-8,11-15H,9-10H2,(H,27,31)(H,28,29). The van der Waals surface area contributed by atoms with Crippen LogP contribution in [0.1, 0.15) is 23.2 Å². The first-order valence-corrected chi connectivity index (χ1v) is 11.1. The third-order valence-corrected chi connectivity index (χ3v) is 5.66. The predicted molar refractivity (Wildman–Crippen MR) is 129 cm³/mol. The van der Waals surface area contributed by atoms with E-state index in [2.05, 4.69) is 20.6 Å². The van der Waals surface area contributed by atoms with Crippen molar-refractivity contribution < 1.29 is 9.59 Å². The molecule has 0 spiro atoms. The lowest BCUT2D eigenvalue weighted by atomic mass is 10.1. The fourth-order valence-corrected chi connectivity index (χ4v) is 3.84. The Morgan fingerprint density at radius 3 is 2.28 bits per heavy atom. The highest BCUT2D eigenvalue weighted by Gasteiger charge is 2.10. The molecule has 32 heavy (non-hydrogen) atoms. The lowest BCUT2D eigenvalue weighted by Gasteiger charge is -2.07. The Bertz CT molecular complexity index is 1210. The van der Waals surface area contributed by atoms with E-state index < -0.39 is 0 Å². The van der Waals surface area contributed by atoms with E-state index in [1.807, 2.05) is 29.6 Å². The zero-order valence-electron chi connectivity index (χ0n) is 16.9. The van der Waals surface area contributed by atoms with Crippen molar-refractivity contribution in [1.29, 1.82) is 0 Å². The number of carbonyl (C=O) groups is 2. The number of aromatic nitrogens is 2. The number of carbonyl (C=O) groups excluding carboxylic acids is 2. The van der Waals surface area contributed by atoms with Crippen molar-refractivity contribution in [3.63, 3.8) is 0 Å². The smallest absolute Gasteiger partial charge is 0.224 e. The van der Waals surface area contributed by atoms with Crippen LogP contribution in [0.5, 0.6) is 0 Å². The summed E-state index contributed by atoms with van der Waals surface area (Å²) in [5.41, 5.74) is 3.97. The van der Waals surface area contributed by atoms with Gasteiger partial charge in [-0.25, -0.2) is 4.98 Å². The number of Topliss-reactive ketones (excluding diaryl/α,β-unsaturated/α-hetero) is 1. The Morgan fingerprint density at radius 1 is 0.875 bits per heavy atom. The number of thiazole rings is 1. The van der Waals surface area contributed by atoms with Gasteiger partial charge < -0.3 is 10.6 Å². The first-order chi connectivity index (χ1) is 15.6. The molecule has 2 aromatic heterocycles. The molecule has 0 aliphatic heterocycles. The number of nitrogens with zero attached hydrogens (tertiary/aromatic N) is 2. The molecule has 4 rings (SSSR count). The molecule has 0 aliphatic carbocycles. The molecule has 0 radical (unpaired) electrons. The maximum atomic E-state index is 12.2. The molecule has 0 unspecified atom stereocenters. The van der Waals surface area contributed by atoms with Crippen molar-refractivity contribution in [1.82, 2.24) is 9.97 Å². The number of rotatable bonds is 8. The van der Waals surface area contributed by atoms with Crippen molar-refractivity contribution in [2.75, 3.05) is 10.6 Å². The maximum absolute atomic E-state index is 12.2. The van der Waals surface area contributed by atoms with Gasteiger partial charge in [0.15, 0.2) is 10.9 Å². The molecule has 2 aromatic carbocycles. The van der Waals surface area contributed by atoms with Gasteiger partial charge in [-0.15, -0.1) is 11.3 Å². The molecule has 0 aliphatic rings. The first-order valence-electron chi connectivity index (χ1n) is 9.88. The number of nitrogens with one attached hydrogen (secondary N) is 2. The largest absolute Gasteiger partial charge is 0.332 e. The second-order valence-corrected chi connectivity index (χ2v) is 8.25. The summed E-state index contributed by atoms with van der Waals surface area (Å²) in [6.45, 7) is 0. The van der Waals surface area contributed by atoms with Gasteiger partial charge >= 0.3 is 0 Å². The third-order valence-electron chi connectivity index (χ3n) is 4.65. The number of benzene rings is 2. The lowest BCUT2D eigenvalue weighted by Crippen LogP contribution is -2.13. The van der Waals surface area contributed by atoms with Crippen molar-refractivity contribution in [2.45, 2.75) is 12.8 Å². The van der Waals surface area contributed by atoms with Gasteiger partial charge in [-0.2, -0.15) is 0 Å². The van der Waals surface area contributed by atoms with E-state index in [1.165, 1.54) is 11.3 Å². The van der Waals surface area contributed by atoms with Crippen LogP contribution in [0.2, 0.25) is 5.02 Å². The average molecular weight is 463 g/mol. The molecule has 8 heteroatoms. The van der Waals surface area contributed by atoms with Gasteiger partial charge in [0, 0.05) is 58.1 Å². The number of hydrogen-bond donors (Lipinski definition) is 2. The summed E-state index contributed by atoms with van der Waals surface area (Å²) in [6, 6.07) is 17.8. The Balaban J connectivity index is 1.28. The predicted octanol–water partition coefficient (Wildman–Crippen LogP) is 6.20. The molecule has 1 amide bonds. The lowest BCUT2D eigenvalue weighted by molar-refractivity contribution is -0.116. The molecule has 4 aromatic rings. The Kier molecular flexibility index (Phi) is 6.89. The van der Waals surface area contributed by atoms with Crippen molar-refractivity contribution in [3.8, 4) is 11.3 Å². The van der Waals surface area contributed by atoms with Crippen LogP contribution < -0.4 is 10.6 Å². The van der Waals surface area contributed by atoms with Crippen LogP contribution in [0, 0.1) is 0 Å². The fraction of sp³-hybridized carbons (Fsp3) is 0.0833. The van der Waals surface area contributed by atoms with E-state index >= 15 is 0 Å². The van der Waals surface area contributed by atoms with Gasteiger partial charge in [0.1, 0.15) is 0 Å². The second-order valence-electron chi connectivity index (χ2n) is 6.95. The summed E-state index contributed by atoms with van der Waals surface area (Å²) in [4.78, 5) is 33.0. The van der Waals surface area contributed by atoms with Crippen LogP contribution in [0.15, 0.2) is 78.4 Å².